The van der Waals surface area contributed by atoms with Gasteiger partial charge in [0.05, 0.1) is 0 Å². The van der Waals surface area contributed by atoms with Gasteiger partial charge in [-0.3, -0.25) is 0 Å². The van der Waals surface area contributed by atoms with Crippen LogP contribution < -0.4 is 5.46 Å². The zero-order valence-electron chi connectivity index (χ0n) is 9.76. The van der Waals surface area contributed by atoms with Crippen LogP contribution in [0.15, 0.2) is 30.3 Å². The Morgan fingerprint density at radius 1 is 1.06 bits per heavy atom. The number of benzene rings is 1. The Balaban J connectivity index is 2.04. The van der Waals surface area contributed by atoms with E-state index in [2.05, 4.69) is 6.92 Å². The predicted molar refractivity (Wildman–Crippen MR) is 67.6 cm³/mol. The molecular formula is C10H15B3O3. The molecule has 0 amide bonds. The summed E-state index contributed by atoms with van der Waals surface area (Å²) in [6.45, 7) is 4.02. The molecule has 0 radical (unpaired) electrons. The molecule has 82 valence electrons. The summed E-state index contributed by atoms with van der Waals surface area (Å²) in [6, 6.07) is 9.96. The molecule has 1 saturated heterocycles. The summed E-state index contributed by atoms with van der Waals surface area (Å²) in [4.78, 5) is 0. The highest BCUT2D eigenvalue weighted by Crippen LogP contribution is 2.12. The second kappa shape index (κ2) is 5.57. The van der Waals surface area contributed by atoms with Crippen molar-refractivity contribution in [2.24, 2.45) is 0 Å². The molecule has 0 aromatic heterocycles. The standard InChI is InChI=1S/C10H15B3O3/c1-3-9-12-14-11(2)15-13(16-12)10-7-5-4-6-8-10/h4-8H,3,9H2,1-2H3. The van der Waals surface area contributed by atoms with E-state index in [0.29, 0.717) is 0 Å². The van der Waals surface area contributed by atoms with Gasteiger partial charge >= 0.3 is 21.4 Å². The zero-order valence-corrected chi connectivity index (χ0v) is 9.76. The lowest BCUT2D eigenvalue weighted by Gasteiger charge is -2.29. The first-order valence-electron chi connectivity index (χ1n) is 5.81. The molecule has 1 fully saturated rings. The Morgan fingerprint density at radius 3 is 2.50 bits per heavy atom. The maximum absolute atomic E-state index is 5.74. The zero-order chi connectivity index (χ0) is 11.4. The van der Waals surface area contributed by atoms with Crippen molar-refractivity contribution in [1.29, 1.82) is 0 Å². The predicted octanol–water partition coefficient (Wildman–Crippen LogP) is 1.46. The Bertz CT molecular complexity index is 322. The Hall–Kier alpha value is -0.705. The third-order valence-corrected chi connectivity index (χ3v) is 2.53. The molecule has 1 aliphatic rings. The second-order valence-corrected chi connectivity index (χ2v) is 3.94. The average Bonchev–Trinajstić information content (AvgIpc) is 2.30. The Kier molecular flexibility index (Phi) is 4.10. The second-order valence-electron chi connectivity index (χ2n) is 3.94. The van der Waals surface area contributed by atoms with Gasteiger partial charge in [0.15, 0.2) is 0 Å². The lowest BCUT2D eigenvalue weighted by atomic mass is 9.65. The summed E-state index contributed by atoms with van der Waals surface area (Å²) in [7, 11) is -0.670. The summed E-state index contributed by atoms with van der Waals surface area (Å²) >= 11 is 0. The molecule has 0 bridgehead atoms. The molecule has 1 aliphatic heterocycles. The summed E-state index contributed by atoms with van der Waals surface area (Å²) < 4.78 is 16.9. The van der Waals surface area contributed by atoms with Gasteiger partial charge in [-0.25, -0.2) is 0 Å². The van der Waals surface area contributed by atoms with E-state index < -0.39 is 0 Å². The van der Waals surface area contributed by atoms with Crippen molar-refractivity contribution in [3.63, 3.8) is 0 Å². The highest BCUT2D eigenvalue weighted by Gasteiger charge is 2.38. The third-order valence-electron chi connectivity index (χ3n) is 2.53. The third kappa shape index (κ3) is 2.91. The first-order chi connectivity index (χ1) is 7.79. The van der Waals surface area contributed by atoms with Crippen molar-refractivity contribution >= 4 is 26.8 Å². The van der Waals surface area contributed by atoms with Gasteiger partial charge in [0, 0.05) is 0 Å². The molecule has 2 rings (SSSR count). The average molecular weight is 216 g/mol. The van der Waals surface area contributed by atoms with E-state index in [1.165, 1.54) is 0 Å². The number of hydrogen-bond donors (Lipinski definition) is 0. The summed E-state index contributed by atoms with van der Waals surface area (Å²) in [5.41, 5.74) is 1.04. The molecule has 1 aromatic carbocycles. The van der Waals surface area contributed by atoms with E-state index in [-0.39, 0.29) is 21.4 Å². The Labute approximate surface area is 97.9 Å². The van der Waals surface area contributed by atoms with Crippen LogP contribution in [0.3, 0.4) is 0 Å². The normalized spacial score (nSPS) is 16.8. The molecule has 6 heteroatoms. The maximum Gasteiger partial charge on any atom is 0.466 e. The topological polar surface area (TPSA) is 27.7 Å². The van der Waals surface area contributed by atoms with Gasteiger partial charge in [-0.2, -0.15) is 0 Å². The monoisotopic (exact) mass is 216 g/mol. The van der Waals surface area contributed by atoms with Crippen molar-refractivity contribution in [2.75, 3.05) is 0 Å². The molecule has 1 heterocycles. The molecule has 16 heavy (non-hydrogen) atoms. The van der Waals surface area contributed by atoms with Crippen LogP contribution in [-0.4, -0.2) is 21.4 Å². The fourth-order valence-corrected chi connectivity index (χ4v) is 1.76. The van der Waals surface area contributed by atoms with Gasteiger partial charge in [0.25, 0.3) is 0 Å². The lowest BCUT2D eigenvalue weighted by molar-refractivity contribution is 0.293. The fourth-order valence-electron chi connectivity index (χ4n) is 1.76. The number of hydrogen-bond acceptors (Lipinski definition) is 3. The van der Waals surface area contributed by atoms with E-state index in [9.17, 15) is 0 Å². The minimum Gasteiger partial charge on any atom is -0.453 e. The van der Waals surface area contributed by atoms with E-state index in [1.54, 1.807) is 0 Å². The fraction of sp³-hybridized carbons (Fsp3) is 0.400. The molecule has 0 unspecified atom stereocenters. The molecule has 3 nitrogen and oxygen atoms in total. The van der Waals surface area contributed by atoms with Gasteiger partial charge in [-0.15, -0.1) is 0 Å². The highest BCUT2D eigenvalue weighted by atomic mass is 16.7. The van der Waals surface area contributed by atoms with Gasteiger partial charge in [0.2, 0.25) is 0 Å². The summed E-state index contributed by atoms with van der Waals surface area (Å²) in [5.74, 6) is 0. The SMILES string of the molecule is CCCB1OB(C)OB(c2ccccc2)O1. The van der Waals surface area contributed by atoms with E-state index in [1.807, 2.05) is 37.2 Å². The van der Waals surface area contributed by atoms with Crippen molar-refractivity contribution < 1.29 is 13.7 Å². The molecule has 0 spiro atoms. The maximum atomic E-state index is 5.74. The molecule has 0 atom stereocenters. The minimum atomic E-state index is -0.304. The van der Waals surface area contributed by atoms with E-state index in [0.717, 1.165) is 18.2 Å². The highest BCUT2D eigenvalue weighted by molar-refractivity contribution is 6.79. The molecule has 0 aliphatic carbocycles. The van der Waals surface area contributed by atoms with Crippen LogP contribution in [0, 0.1) is 0 Å². The van der Waals surface area contributed by atoms with Crippen LogP contribution >= 0.6 is 0 Å². The van der Waals surface area contributed by atoms with Crippen LogP contribution in [0.5, 0.6) is 0 Å². The minimum absolute atomic E-state index is 0.154. The molecular weight excluding hydrogens is 201 g/mol. The van der Waals surface area contributed by atoms with Crippen molar-refractivity contribution in [3.05, 3.63) is 30.3 Å². The first-order valence-corrected chi connectivity index (χ1v) is 5.81. The van der Waals surface area contributed by atoms with Gasteiger partial charge in [-0.1, -0.05) is 43.7 Å². The van der Waals surface area contributed by atoms with Crippen LogP contribution in [0.4, 0.5) is 0 Å². The van der Waals surface area contributed by atoms with Crippen LogP contribution in [0.1, 0.15) is 13.3 Å². The van der Waals surface area contributed by atoms with Crippen LogP contribution in [0.25, 0.3) is 0 Å². The Morgan fingerprint density at radius 2 is 1.81 bits per heavy atom. The van der Waals surface area contributed by atoms with Crippen molar-refractivity contribution in [2.45, 2.75) is 26.5 Å². The van der Waals surface area contributed by atoms with Crippen molar-refractivity contribution in [1.82, 2.24) is 0 Å². The molecule has 1 aromatic rings. The quantitative estimate of drug-likeness (QED) is 0.715. The van der Waals surface area contributed by atoms with Gasteiger partial charge in [0.1, 0.15) is 0 Å². The van der Waals surface area contributed by atoms with Gasteiger partial charge < -0.3 is 13.7 Å². The largest absolute Gasteiger partial charge is 0.466 e. The first kappa shape index (κ1) is 11.8. The van der Waals surface area contributed by atoms with E-state index in [4.69, 9.17) is 13.7 Å². The van der Waals surface area contributed by atoms with Gasteiger partial charge in [-0.05, 0) is 18.6 Å². The summed E-state index contributed by atoms with van der Waals surface area (Å²) in [5, 5.41) is 0. The number of rotatable bonds is 3. The van der Waals surface area contributed by atoms with Crippen LogP contribution in [-0.2, 0) is 13.7 Å². The summed E-state index contributed by atoms with van der Waals surface area (Å²) in [6.07, 6.45) is 1.94. The molecule has 0 N–H and O–H groups in total. The molecule has 0 saturated carbocycles. The lowest BCUT2D eigenvalue weighted by Crippen LogP contribution is -2.53. The smallest absolute Gasteiger partial charge is 0.453 e. The van der Waals surface area contributed by atoms with E-state index >= 15 is 0 Å². The van der Waals surface area contributed by atoms with Crippen molar-refractivity contribution in [3.8, 4) is 0 Å². The van der Waals surface area contributed by atoms with Crippen LogP contribution in [0.2, 0.25) is 13.1 Å².